The predicted molar refractivity (Wildman–Crippen MR) is 69.0 cm³/mol. The monoisotopic (exact) mass is 350 g/mol. The molecule has 0 spiro atoms. The van der Waals surface area contributed by atoms with E-state index >= 15 is 0 Å². The Labute approximate surface area is 132 Å². The maximum atomic E-state index is 11.3. The van der Waals surface area contributed by atoms with Gasteiger partial charge in [-0.15, -0.1) is 0 Å². The van der Waals surface area contributed by atoms with Crippen LogP contribution in [-0.2, 0) is 28.8 Å². The van der Waals surface area contributed by atoms with E-state index in [1.807, 2.05) is 0 Å². The summed E-state index contributed by atoms with van der Waals surface area (Å²) in [4.78, 5) is 66.3. The molecule has 0 rings (SSSR count). The highest BCUT2D eigenvalue weighted by Gasteiger charge is 2.51. The molecule has 0 bridgehead atoms. The third-order valence-corrected chi connectivity index (χ3v) is 3.27. The van der Waals surface area contributed by atoms with Crippen molar-refractivity contribution in [3.63, 3.8) is 0 Å². The van der Waals surface area contributed by atoms with Crippen molar-refractivity contribution >= 4 is 35.8 Å². The lowest BCUT2D eigenvalue weighted by Crippen LogP contribution is -2.47. The molecular weight excluding hydrogens is 336 g/mol. The summed E-state index contributed by atoms with van der Waals surface area (Å²) in [5.41, 5.74) is 0. The van der Waals surface area contributed by atoms with Gasteiger partial charge in [-0.3, -0.25) is 28.8 Å². The van der Waals surface area contributed by atoms with Crippen molar-refractivity contribution in [3.05, 3.63) is 0 Å². The molecule has 3 atom stereocenters. The van der Waals surface area contributed by atoms with Crippen molar-refractivity contribution in [3.8, 4) is 0 Å². The molecular formula is C12H14O12. The Bertz CT molecular complexity index is 550. The number of hydrogen-bond donors (Lipinski definition) is 6. The standard InChI is InChI=1S/C12H14O12/c13-4(14)2-1-3(8(15)16)5(9(17)18)6(10(19)20)7(11(21)22)12(23)24/h3,5-7H,1-2H2,(H,13,14)(H,15,16)(H,17,18)(H,19,20)(H,21,22)(H,23,24). The van der Waals surface area contributed by atoms with Crippen molar-refractivity contribution in [2.24, 2.45) is 23.7 Å². The van der Waals surface area contributed by atoms with Crippen LogP contribution in [0.25, 0.3) is 0 Å². The van der Waals surface area contributed by atoms with Crippen LogP contribution in [-0.4, -0.2) is 66.5 Å². The molecule has 6 N–H and O–H groups in total. The molecule has 0 aliphatic heterocycles. The summed E-state index contributed by atoms with van der Waals surface area (Å²) in [6.07, 6.45) is -1.66. The summed E-state index contributed by atoms with van der Waals surface area (Å²) >= 11 is 0. The summed E-state index contributed by atoms with van der Waals surface area (Å²) in [5.74, 6) is -21.8. The lowest BCUT2D eigenvalue weighted by molar-refractivity contribution is -0.174. The van der Waals surface area contributed by atoms with E-state index in [0.717, 1.165) is 0 Å². The smallest absolute Gasteiger partial charge is 0.318 e. The van der Waals surface area contributed by atoms with Crippen molar-refractivity contribution in [1.29, 1.82) is 0 Å². The number of hydrogen-bond acceptors (Lipinski definition) is 6. The van der Waals surface area contributed by atoms with Crippen molar-refractivity contribution in [2.75, 3.05) is 0 Å². The molecule has 12 nitrogen and oxygen atoms in total. The molecule has 0 amide bonds. The quantitative estimate of drug-likeness (QED) is 0.240. The van der Waals surface area contributed by atoms with Gasteiger partial charge < -0.3 is 30.6 Å². The van der Waals surface area contributed by atoms with E-state index in [0.29, 0.717) is 0 Å². The Kier molecular flexibility index (Phi) is 7.33. The first-order valence-electron chi connectivity index (χ1n) is 6.27. The Balaban J connectivity index is 6.08. The van der Waals surface area contributed by atoms with Crippen LogP contribution < -0.4 is 0 Å². The second kappa shape index (κ2) is 8.45. The van der Waals surface area contributed by atoms with Crippen LogP contribution in [0.3, 0.4) is 0 Å². The van der Waals surface area contributed by atoms with Gasteiger partial charge >= 0.3 is 35.8 Å². The summed E-state index contributed by atoms with van der Waals surface area (Å²) < 4.78 is 0. The minimum absolute atomic E-state index is 0.822. The fourth-order valence-corrected chi connectivity index (χ4v) is 2.23. The van der Waals surface area contributed by atoms with E-state index in [4.69, 9.17) is 30.6 Å². The summed E-state index contributed by atoms with van der Waals surface area (Å²) in [6, 6.07) is 0. The fraction of sp³-hybridized carbons (Fsp3) is 0.500. The van der Waals surface area contributed by atoms with Crippen LogP contribution in [0.2, 0.25) is 0 Å². The maximum Gasteiger partial charge on any atom is 0.318 e. The Morgan fingerprint density at radius 2 is 1.00 bits per heavy atom. The number of rotatable bonds is 11. The predicted octanol–water partition coefficient (Wildman–Crippen LogP) is -1.26. The zero-order chi connectivity index (χ0) is 19.2. The zero-order valence-electron chi connectivity index (χ0n) is 11.9. The first kappa shape index (κ1) is 20.8. The molecule has 0 aromatic rings. The number of carboxylic acid groups (broad SMARTS) is 6. The Morgan fingerprint density at radius 3 is 1.25 bits per heavy atom. The molecule has 0 aliphatic rings. The van der Waals surface area contributed by atoms with Gasteiger partial charge in [0.15, 0.2) is 5.92 Å². The second-order valence-corrected chi connectivity index (χ2v) is 4.76. The van der Waals surface area contributed by atoms with Crippen LogP contribution >= 0.6 is 0 Å². The lowest BCUT2D eigenvalue weighted by atomic mass is 9.73. The Hall–Kier alpha value is -3.18. The summed E-state index contributed by atoms with van der Waals surface area (Å²) in [6.45, 7) is 0. The topological polar surface area (TPSA) is 224 Å². The van der Waals surface area contributed by atoms with Crippen molar-refractivity contribution in [1.82, 2.24) is 0 Å². The molecule has 0 aromatic carbocycles. The van der Waals surface area contributed by atoms with Gasteiger partial charge in [0.25, 0.3) is 0 Å². The largest absolute Gasteiger partial charge is 0.481 e. The van der Waals surface area contributed by atoms with Crippen LogP contribution in [0.4, 0.5) is 0 Å². The van der Waals surface area contributed by atoms with Crippen LogP contribution in [0.15, 0.2) is 0 Å². The normalized spacial score (nSPS) is 14.4. The van der Waals surface area contributed by atoms with Crippen LogP contribution in [0.5, 0.6) is 0 Å². The minimum atomic E-state index is -2.73. The van der Waals surface area contributed by atoms with Gasteiger partial charge in [-0.05, 0) is 6.42 Å². The first-order chi connectivity index (χ1) is 10.9. The Morgan fingerprint density at radius 1 is 0.583 bits per heavy atom. The molecule has 0 radical (unpaired) electrons. The molecule has 0 fully saturated rings. The number of carboxylic acids is 6. The minimum Gasteiger partial charge on any atom is -0.481 e. The highest BCUT2D eigenvalue weighted by Crippen LogP contribution is 2.32. The van der Waals surface area contributed by atoms with Gasteiger partial charge in [0.2, 0.25) is 0 Å². The van der Waals surface area contributed by atoms with E-state index in [9.17, 15) is 28.8 Å². The average molecular weight is 350 g/mol. The number of aliphatic carboxylic acids is 6. The van der Waals surface area contributed by atoms with E-state index in [2.05, 4.69) is 0 Å². The molecule has 0 saturated carbocycles. The van der Waals surface area contributed by atoms with E-state index in [1.165, 1.54) is 0 Å². The van der Waals surface area contributed by atoms with Gasteiger partial charge in [0, 0.05) is 6.42 Å². The summed E-state index contributed by atoms with van der Waals surface area (Å²) in [5, 5.41) is 53.5. The lowest BCUT2D eigenvalue weighted by Gasteiger charge is -2.27. The average Bonchev–Trinajstić information content (AvgIpc) is 2.38. The van der Waals surface area contributed by atoms with E-state index < -0.39 is 72.3 Å². The fourth-order valence-electron chi connectivity index (χ4n) is 2.23. The van der Waals surface area contributed by atoms with Gasteiger partial charge in [0.1, 0.15) is 0 Å². The second-order valence-electron chi connectivity index (χ2n) is 4.76. The van der Waals surface area contributed by atoms with E-state index in [-0.39, 0.29) is 0 Å². The molecule has 0 heterocycles. The van der Waals surface area contributed by atoms with E-state index in [1.54, 1.807) is 0 Å². The highest BCUT2D eigenvalue weighted by atomic mass is 16.4. The molecule has 12 heteroatoms. The molecule has 0 saturated heterocycles. The van der Waals surface area contributed by atoms with Gasteiger partial charge in [0.05, 0.1) is 17.8 Å². The SMILES string of the molecule is O=C(O)CCC(C(=O)O)C(C(=O)O)C(C(=O)O)C(C(=O)O)C(=O)O. The number of carbonyl (C=O) groups is 6. The summed E-state index contributed by atoms with van der Waals surface area (Å²) in [7, 11) is 0. The van der Waals surface area contributed by atoms with Crippen molar-refractivity contribution < 1.29 is 59.4 Å². The third-order valence-electron chi connectivity index (χ3n) is 3.27. The van der Waals surface area contributed by atoms with Gasteiger partial charge in [-0.1, -0.05) is 0 Å². The first-order valence-corrected chi connectivity index (χ1v) is 6.27. The molecule has 24 heavy (non-hydrogen) atoms. The molecule has 0 aliphatic carbocycles. The maximum absolute atomic E-state index is 11.3. The molecule has 134 valence electrons. The van der Waals surface area contributed by atoms with Crippen LogP contribution in [0.1, 0.15) is 12.8 Å². The third kappa shape index (κ3) is 5.23. The van der Waals surface area contributed by atoms with Crippen molar-refractivity contribution in [2.45, 2.75) is 12.8 Å². The molecule has 3 unspecified atom stereocenters. The zero-order valence-corrected chi connectivity index (χ0v) is 11.9. The van der Waals surface area contributed by atoms with Gasteiger partial charge in [-0.25, -0.2) is 0 Å². The highest BCUT2D eigenvalue weighted by molar-refractivity contribution is 5.99. The van der Waals surface area contributed by atoms with Crippen LogP contribution in [0, 0.1) is 23.7 Å². The van der Waals surface area contributed by atoms with Gasteiger partial charge in [-0.2, -0.15) is 0 Å². The molecule has 0 aromatic heterocycles.